The van der Waals surface area contributed by atoms with Gasteiger partial charge in [-0.3, -0.25) is 9.59 Å². The molecule has 214 valence electrons. The summed E-state index contributed by atoms with van der Waals surface area (Å²) in [5.41, 5.74) is 0.333. The Bertz CT molecular complexity index is 1110. The highest BCUT2D eigenvalue weighted by Crippen LogP contribution is 2.34. The fourth-order valence-electron chi connectivity index (χ4n) is 5.10. The van der Waals surface area contributed by atoms with Crippen LogP contribution in [0.1, 0.15) is 50.3 Å². The lowest BCUT2D eigenvalue weighted by Gasteiger charge is -2.39. The number of hydrogen-bond donors (Lipinski definition) is 2. The van der Waals surface area contributed by atoms with Crippen molar-refractivity contribution < 1.29 is 23.8 Å². The third-order valence-electron chi connectivity index (χ3n) is 7.68. The average Bonchev–Trinajstić information content (AvgIpc) is 2.93. The Hall–Kier alpha value is -2.23. The van der Waals surface area contributed by atoms with Crippen molar-refractivity contribution >= 4 is 35.0 Å². The van der Waals surface area contributed by atoms with Crippen molar-refractivity contribution in [1.29, 1.82) is 0 Å². The van der Waals surface area contributed by atoms with Gasteiger partial charge in [-0.1, -0.05) is 41.4 Å². The number of aliphatic hydroxyl groups excluding tert-OH is 1. The Morgan fingerprint density at radius 2 is 1.85 bits per heavy atom. The second-order valence-electron chi connectivity index (χ2n) is 10.2. The number of benzene rings is 2. The van der Waals surface area contributed by atoms with E-state index in [0.717, 1.165) is 25.9 Å². The monoisotopic (exact) mass is 581 g/mol. The lowest BCUT2D eigenvalue weighted by molar-refractivity contribution is -0.133. The normalized spacial score (nSPS) is 16.9. The molecule has 0 saturated carbocycles. The third kappa shape index (κ3) is 8.14. The van der Waals surface area contributed by atoms with Crippen LogP contribution in [-0.4, -0.2) is 79.3 Å². The van der Waals surface area contributed by atoms with Gasteiger partial charge in [0.2, 0.25) is 11.8 Å². The number of nitrogens with one attached hydrogen (secondary N) is 1. The van der Waals surface area contributed by atoms with Gasteiger partial charge in [-0.25, -0.2) is 4.39 Å². The molecule has 1 heterocycles. The summed E-state index contributed by atoms with van der Waals surface area (Å²) in [4.78, 5) is 30.2. The quantitative estimate of drug-likeness (QED) is 0.383. The molecule has 0 aromatic heterocycles. The summed E-state index contributed by atoms with van der Waals surface area (Å²) in [6.07, 6.45) is 2.18. The van der Waals surface area contributed by atoms with E-state index in [1.54, 1.807) is 44.4 Å². The zero-order chi connectivity index (χ0) is 28.6. The van der Waals surface area contributed by atoms with Crippen molar-refractivity contribution in [3.63, 3.8) is 0 Å². The lowest BCUT2D eigenvalue weighted by atomic mass is 9.78. The minimum Gasteiger partial charge on any atom is -0.394 e. The van der Waals surface area contributed by atoms with Crippen LogP contribution in [0.15, 0.2) is 42.5 Å². The molecule has 2 amide bonds. The van der Waals surface area contributed by atoms with Crippen molar-refractivity contribution in [1.82, 2.24) is 15.1 Å². The Morgan fingerprint density at radius 3 is 2.41 bits per heavy atom. The first-order chi connectivity index (χ1) is 18.6. The SMILES string of the molecule is COCCN(C(C)=O)C1CCN(CC[C@](C)(C(=O)N[C@@H](CO)c2ccc(F)cc2)c2ccc(Cl)c(Cl)c2)CC1. The van der Waals surface area contributed by atoms with E-state index in [1.165, 1.54) is 12.1 Å². The Labute approximate surface area is 240 Å². The standard InChI is InChI=1S/C29H38Cl2FN3O4/c1-20(37)35(16-17-39-3)24-10-13-34(14-11-24)15-12-29(2,22-6-9-25(30)26(31)18-22)28(38)33-27(19-36)21-4-7-23(32)8-5-21/h4-9,18,24,27,36H,10-17,19H2,1-3H3,(H,33,38)/t27-,29-/m0/s1. The first-order valence-electron chi connectivity index (χ1n) is 13.2. The summed E-state index contributed by atoms with van der Waals surface area (Å²) in [5, 5.41) is 13.7. The van der Waals surface area contributed by atoms with Crippen LogP contribution >= 0.6 is 23.2 Å². The summed E-state index contributed by atoms with van der Waals surface area (Å²) in [5.74, 6) is -0.619. The van der Waals surface area contributed by atoms with E-state index >= 15 is 0 Å². The van der Waals surface area contributed by atoms with E-state index in [0.29, 0.717) is 47.3 Å². The summed E-state index contributed by atoms with van der Waals surface area (Å²) < 4.78 is 18.6. The molecule has 2 N–H and O–H groups in total. The smallest absolute Gasteiger partial charge is 0.230 e. The van der Waals surface area contributed by atoms with Crippen LogP contribution < -0.4 is 5.32 Å². The summed E-state index contributed by atoms with van der Waals surface area (Å²) in [6, 6.07) is 10.4. The van der Waals surface area contributed by atoms with Gasteiger partial charge in [0.15, 0.2) is 0 Å². The van der Waals surface area contributed by atoms with Crippen molar-refractivity contribution in [3.05, 3.63) is 69.5 Å². The molecule has 0 bridgehead atoms. The highest BCUT2D eigenvalue weighted by atomic mass is 35.5. The third-order valence-corrected chi connectivity index (χ3v) is 8.42. The maximum Gasteiger partial charge on any atom is 0.230 e. The highest BCUT2D eigenvalue weighted by molar-refractivity contribution is 6.42. The number of aliphatic hydroxyl groups is 1. The van der Waals surface area contributed by atoms with E-state index in [1.807, 2.05) is 11.8 Å². The summed E-state index contributed by atoms with van der Waals surface area (Å²) in [7, 11) is 1.63. The molecule has 7 nitrogen and oxygen atoms in total. The summed E-state index contributed by atoms with van der Waals surface area (Å²) >= 11 is 12.5. The van der Waals surface area contributed by atoms with E-state index < -0.39 is 17.3 Å². The number of amides is 2. The predicted molar refractivity (Wildman–Crippen MR) is 152 cm³/mol. The van der Waals surface area contributed by atoms with E-state index in [2.05, 4.69) is 10.2 Å². The van der Waals surface area contributed by atoms with Crippen LogP contribution in [-0.2, 0) is 19.7 Å². The number of ether oxygens (including phenoxy) is 1. The van der Waals surface area contributed by atoms with Crippen molar-refractivity contribution in [3.8, 4) is 0 Å². The molecule has 1 aliphatic heterocycles. The second kappa shape index (κ2) is 14.4. The van der Waals surface area contributed by atoms with Gasteiger partial charge in [-0.2, -0.15) is 0 Å². The first-order valence-corrected chi connectivity index (χ1v) is 14.0. The Morgan fingerprint density at radius 1 is 1.18 bits per heavy atom. The maximum atomic E-state index is 13.8. The maximum absolute atomic E-state index is 13.8. The molecular weight excluding hydrogens is 544 g/mol. The highest BCUT2D eigenvalue weighted by Gasteiger charge is 2.38. The lowest BCUT2D eigenvalue weighted by Crippen LogP contribution is -2.50. The molecule has 10 heteroatoms. The van der Waals surface area contributed by atoms with Gasteiger partial charge in [0.25, 0.3) is 0 Å². The molecule has 1 fully saturated rings. The van der Waals surface area contributed by atoms with Gasteiger partial charge in [0, 0.05) is 39.7 Å². The van der Waals surface area contributed by atoms with Crippen molar-refractivity contribution in [2.45, 2.75) is 50.6 Å². The molecular formula is C29H38Cl2FN3O4. The first kappa shape index (κ1) is 31.3. The summed E-state index contributed by atoms with van der Waals surface area (Å²) in [6.45, 7) is 6.44. The van der Waals surface area contributed by atoms with E-state index in [9.17, 15) is 19.1 Å². The van der Waals surface area contributed by atoms with E-state index in [-0.39, 0.29) is 24.5 Å². The molecule has 2 aromatic carbocycles. The number of methoxy groups -OCH3 is 1. The molecule has 3 rings (SSSR count). The molecule has 2 aromatic rings. The predicted octanol–water partition coefficient (Wildman–Crippen LogP) is 4.59. The van der Waals surface area contributed by atoms with Crippen molar-refractivity contribution in [2.24, 2.45) is 0 Å². The number of carbonyl (C=O) groups excluding carboxylic acids is 2. The molecule has 2 atom stereocenters. The molecule has 39 heavy (non-hydrogen) atoms. The zero-order valence-corrected chi connectivity index (χ0v) is 24.3. The number of hydrogen-bond acceptors (Lipinski definition) is 5. The van der Waals surface area contributed by atoms with Crippen LogP contribution in [0.5, 0.6) is 0 Å². The fourth-order valence-corrected chi connectivity index (χ4v) is 5.40. The van der Waals surface area contributed by atoms with Crippen LogP contribution in [0, 0.1) is 5.82 Å². The van der Waals surface area contributed by atoms with Crippen LogP contribution in [0.3, 0.4) is 0 Å². The molecule has 0 radical (unpaired) electrons. The number of likely N-dealkylation sites (tertiary alicyclic amines) is 1. The number of nitrogens with zero attached hydrogens (tertiary/aromatic N) is 2. The second-order valence-corrected chi connectivity index (χ2v) is 11.1. The average molecular weight is 583 g/mol. The van der Waals surface area contributed by atoms with Gasteiger partial charge >= 0.3 is 0 Å². The molecule has 0 unspecified atom stereocenters. The Kier molecular flexibility index (Phi) is 11.6. The van der Waals surface area contributed by atoms with Gasteiger partial charge in [0.1, 0.15) is 5.82 Å². The number of piperidine rings is 1. The van der Waals surface area contributed by atoms with Crippen LogP contribution in [0.25, 0.3) is 0 Å². The number of carbonyl (C=O) groups is 2. The largest absolute Gasteiger partial charge is 0.394 e. The number of halogens is 3. The van der Waals surface area contributed by atoms with Crippen LogP contribution in [0.4, 0.5) is 4.39 Å². The van der Waals surface area contributed by atoms with Crippen molar-refractivity contribution in [2.75, 3.05) is 46.5 Å². The van der Waals surface area contributed by atoms with Gasteiger partial charge in [-0.05, 0) is 68.1 Å². The van der Waals surface area contributed by atoms with Gasteiger partial charge in [0.05, 0.1) is 34.7 Å². The topological polar surface area (TPSA) is 82.1 Å². The van der Waals surface area contributed by atoms with Gasteiger partial charge in [-0.15, -0.1) is 0 Å². The molecule has 1 aliphatic rings. The molecule has 1 saturated heterocycles. The fraction of sp³-hybridized carbons (Fsp3) is 0.517. The minimum atomic E-state index is -0.984. The van der Waals surface area contributed by atoms with Gasteiger partial charge < -0.3 is 25.0 Å². The Balaban J connectivity index is 1.74. The molecule has 0 spiro atoms. The van der Waals surface area contributed by atoms with E-state index in [4.69, 9.17) is 27.9 Å². The zero-order valence-electron chi connectivity index (χ0n) is 22.8. The number of rotatable bonds is 12. The van der Waals surface area contributed by atoms with Crippen LogP contribution in [0.2, 0.25) is 10.0 Å². The minimum absolute atomic E-state index is 0.0500. The molecule has 0 aliphatic carbocycles.